The van der Waals surface area contributed by atoms with Crippen LogP contribution in [0, 0.1) is 10.1 Å². The van der Waals surface area contributed by atoms with Crippen LogP contribution in [0.25, 0.3) is 0 Å². The van der Waals surface area contributed by atoms with Crippen molar-refractivity contribution in [2.75, 3.05) is 0 Å². The van der Waals surface area contributed by atoms with Gasteiger partial charge in [0.25, 0.3) is 11.6 Å². The van der Waals surface area contributed by atoms with Crippen LogP contribution in [0.2, 0.25) is 5.02 Å². The predicted molar refractivity (Wildman–Crippen MR) is 78.1 cm³/mol. The van der Waals surface area contributed by atoms with Crippen molar-refractivity contribution >= 4 is 23.2 Å². The van der Waals surface area contributed by atoms with E-state index in [1.807, 2.05) is 0 Å². The summed E-state index contributed by atoms with van der Waals surface area (Å²) < 4.78 is 43.2. The molecule has 6 nitrogen and oxygen atoms in total. The fourth-order valence-corrected chi connectivity index (χ4v) is 2.14. The van der Waals surface area contributed by atoms with Crippen LogP contribution in [0.15, 0.2) is 36.4 Å². The number of carbonyl (C=O) groups is 1. The lowest BCUT2D eigenvalue weighted by atomic mass is 10.1. The summed E-state index contributed by atoms with van der Waals surface area (Å²) in [5, 5.41) is 10.2. The Morgan fingerprint density at radius 3 is 2.25 bits per heavy atom. The summed E-state index contributed by atoms with van der Waals surface area (Å²) in [5.41, 5.74) is 3.13. The first-order valence-electron chi connectivity index (χ1n) is 6.22. The van der Waals surface area contributed by atoms with Crippen molar-refractivity contribution < 1.29 is 27.6 Å². The Kier molecular flexibility index (Phi) is 4.65. The van der Waals surface area contributed by atoms with Gasteiger partial charge in [-0.1, -0.05) is 11.6 Å². The highest BCUT2D eigenvalue weighted by atomic mass is 35.5. The van der Waals surface area contributed by atoms with Gasteiger partial charge < -0.3 is 10.5 Å². The van der Waals surface area contributed by atoms with E-state index < -0.39 is 38.8 Å². The van der Waals surface area contributed by atoms with Crippen LogP contribution in [0.1, 0.15) is 15.9 Å². The minimum Gasteiger partial charge on any atom is -0.457 e. The number of amides is 1. The van der Waals surface area contributed by atoms with Crippen LogP contribution >= 0.6 is 11.6 Å². The molecule has 0 bridgehead atoms. The topological polar surface area (TPSA) is 95.5 Å². The van der Waals surface area contributed by atoms with E-state index in [1.165, 1.54) is 6.07 Å². The Labute approximate surface area is 137 Å². The Balaban J connectivity index is 2.35. The summed E-state index contributed by atoms with van der Waals surface area (Å²) in [6.45, 7) is 0. The van der Waals surface area contributed by atoms with Gasteiger partial charge >= 0.3 is 6.18 Å². The molecule has 0 aliphatic rings. The van der Waals surface area contributed by atoms with Crippen LogP contribution in [-0.4, -0.2) is 10.8 Å². The summed E-state index contributed by atoms with van der Waals surface area (Å²) in [5.74, 6) is -1.11. The van der Waals surface area contributed by atoms with E-state index in [4.69, 9.17) is 22.1 Å². The lowest BCUT2D eigenvalue weighted by Gasteiger charge is -2.11. The molecule has 0 aromatic heterocycles. The molecule has 2 rings (SSSR count). The smallest absolute Gasteiger partial charge is 0.417 e. The number of ether oxygens (including phenoxy) is 1. The third kappa shape index (κ3) is 3.74. The number of hydrogen-bond donors (Lipinski definition) is 1. The first-order chi connectivity index (χ1) is 11.1. The number of nitrogens with zero attached hydrogens (tertiary/aromatic N) is 1. The van der Waals surface area contributed by atoms with Gasteiger partial charge in [-0.3, -0.25) is 14.9 Å². The highest BCUT2D eigenvalue weighted by molar-refractivity contribution is 6.31. The molecule has 0 spiro atoms. The molecule has 0 atom stereocenters. The predicted octanol–water partition coefficient (Wildman–Crippen LogP) is 4.16. The Morgan fingerprint density at radius 2 is 1.75 bits per heavy atom. The molecule has 0 radical (unpaired) electrons. The van der Waals surface area contributed by atoms with Gasteiger partial charge in [0.2, 0.25) is 0 Å². The average molecular weight is 361 g/mol. The summed E-state index contributed by atoms with van der Waals surface area (Å²) in [7, 11) is 0. The van der Waals surface area contributed by atoms with Crippen molar-refractivity contribution in [1.29, 1.82) is 0 Å². The molecule has 2 aromatic rings. The molecule has 126 valence electrons. The van der Waals surface area contributed by atoms with E-state index in [0.717, 1.165) is 30.3 Å². The second-order valence-electron chi connectivity index (χ2n) is 4.54. The molecule has 0 saturated carbocycles. The third-order valence-electron chi connectivity index (χ3n) is 2.91. The summed E-state index contributed by atoms with van der Waals surface area (Å²) in [4.78, 5) is 21.3. The zero-order chi connectivity index (χ0) is 18.1. The highest BCUT2D eigenvalue weighted by Crippen LogP contribution is 2.37. The monoisotopic (exact) mass is 360 g/mol. The molecule has 2 N–H and O–H groups in total. The maximum Gasteiger partial charge on any atom is 0.417 e. The molecule has 0 aliphatic heterocycles. The number of carbonyl (C=O) groups excluding carboxylic acids is 1. The zero-order valence-electron chi connectivity index (χ0n) is 11.6. The largest absolute Gasteiger partial charge is 0.457 e. The number of halogens is 4. The molecule has 0 heterocycles. The number of alkyl halides is 3. The first-order valence-corrected chi connectivity index (χ1v) is 6.60. The molecular weight excluding hydrogens is 353 g/mol. The van der Waals surface area contributed by atoms with E-state index >= 15 is 0 Å². The van der Waals surface area contributed by atoms with Crippen molar-refractivity contribution in [3.8, 4) is 11.5 Å². The van der Waals surface area contributed by atoms with Crippen LogP contribution in [-0.2, 0) is 6.18 Å². The van der Waals surface area contributed by atoms with Gasteiger partial charge in [0.1, 0.15) is 17.1 Å². The van der Waals surface area contributed by atoms with Crippen molar-refractivity contribution in [3.05, 3.63) is 62.7 Å². The Bertz CT molecular complexity index is 824. The van der Waals surface area contributed by atoms with E-state index in [0.29, 0.717) is 0 Å². The number of primary amides is 1. The molecule has 1 amide bonds. The van der Waals surface area contributed by atoms with E-state index in [-0.39, 0.29) is 11.5 Å². The molecule has 0 fully saturated rings. The van der Waals surface area contributed by atoms with Crippen molar-refractivity contribution in [1.82, 2.24) is 0 Å². The second kappa shape index (κ2) is 6.36. The van der Waals surface area contributed by atoms with Gasteiger partial charge in [0.15, 0.2) is 0 Å². The zero-order valence-corrected chi connectivity index (χ0v) is 12.4. The molecule has 0 aliphatic carbocycles. The number of nitro groups is 1. The van der Waals surface area contributed by atoms with Crippen LogP contribution in [0.5, 0.6) is 11.5 Å². The van der Waals surface area contributed by atoms with Crippen LogP contribution < -0.4 is 10.5 Å². The van der Waals surface area contributed by atoms with Gasteiger partial charge in [-0.25, -0.2) is 0 Å². The Morgan fingerprint density at radius 1 is 1.17 bits per heavy atom. The third-order valence-corrected chi connectivity index (χ3v) is 3.22. The fourth-order valence-electron chi connectivity index (χ4n) is 1.86. The number of nitro benzene ring substituents is 1. The van der Waals surface area contributed by atoms with Crippen molar-refractivity contribution in [3.63, 3.8) is 0 Å². The molecule has 0 unspecified atom stereocenters. The molecule has 10 heteroatoms. The van der Waals surface area contributed by atoms with Gasteiger partial charge in [-0.2, -0.15) is 13.2 Å². The van der Waals surface area contributed by atoms with Crippen molar-refractivity contribution in [2.45, 2.75) is 6.18 Å². The van der Waals surface area contributed by atoms with E-state index in [9.17, 15) is 28.1 Å². The number of hydrogen-bond acceptors (Lipinski definition) is 4. The van der Waals surface area contributed by atoms with E-state index in [1.54, 1.807) is 0 Å². The second-order valence-corrected chi connectivity index (χ2v) is 4.95. The molecule has 0 saturated heterocycles. The molecular formula is C14H8ClF3N2O4. The van der Waals surface area contributed by atoms with Gasteiger partial charge in [0.05, 0.1) is 15.5 Å². The highest BCUT2D eigenvalue weighted by Gasteiger charge is 2.33. The van der Waals surface area contributed by atoms with Gasteiger partial charge in [-0.15, -0.1) is 0 Å². The lowest BCUT2D eigenvalue weighted by Crippen LogP contribution is -2.13. The summed E-state index contributed by atoms with van der Waals surface area (Å²) in [6.07, 6.45) is -4.61. The first kappa shape index (κ1) is 17.5. The van der Waals surface area contributed by atoms with Gasteiger partial charge in [-0.05, 0) is 18.2 Å². The SMILES string of the molecule is NC(=O)c1cc(Oc2ccc(C(F)(F)F)c(Cl)c2)ccc1[N+](=O)[O-]. The summed E-state index contributed by atoms with van der Waals surface area (Å²) in [6, 6.07) is 5.90. The minimum absolute atomic E-state index is 0.0229. The molecule has 2 aromatic carbocycles. The number of nitrogens with two attached hydrogens (primary N) is 1. The van der Waals surface area contributed by atoms with Crippen LogP contribution in [0.4, 0.5) is 18.9 Å². The summed E-state index contributed by atoms with van der Waals surface area (Å²) >= 11 is 5.57. The average Bonchev–Trinajstić information content (AvgIpc) is 2.45. The number of benzene rings is 2. The van der Waals surface area contributed by atoms with E-state index in [2.05, 4.69) is 0 Å². The maximum atomic E-state index is 12.6. The van der Waals surface area contributed by atoms with Crippen LogP contribution in [0.3, 0.4) is 0 Å². The standard InChI is InChI=1S/C14H8ClF3N2O4/c15-11-6-8(1-3-10(11)14(16,17)18)24-7-2-4-12(20(22)23)9(5-7)13(19)21/h1-6H,(H2,19,21). The van der Waals surface area contributed by atoms with Gasteiger partial charge in [0, 0.05) is 18.2 Å². The fraction of sp³-hybridized carbons (Fsp3) is 0.0714. The quantitative estimate of drug-likeness (QED) is 0.654. The van der Waals surface area contributed by atoms with Crippen molar-refractivity contribution in [2.24, 2.45) is 5.73 Å². The Hall–Kier alpha value is -2.81. The number of rotatable bonds is 4. The maximum absolute atomic E-state index is 12.6. The minimum atomic E-state index is -4.61. The normalized spacial score (nSPS) is 11.2. The lowest BCUT2D eigenvalue weighted by molar-refractivity contribution is -0.385. The molecule has 24 heavy (non-hydrogen) atoms.